The summed E-state index contributed by atoms with van der Waals surface area (Å²) in [5.41, 5.74) is -0.694. The van der Waals surface area contributed by atoms with Crippen LogP contribution >= 0.6 is 0 Å². The zero-order chi connectivity index (χ0) is 14.0. The van der Waals surface area contributed by atoms with Gasteiger partial charge in [0, 0.05) is 26.2 Å². The maximum absolute atomic E-state index is 12.5. The number of rotatable bonds is 2. The summed E-state index contributed by atoms with van der Waals surface area (Å²) in [6.07, 6.45) is 0. The molecule has 2 rings (SSSR count). The Balaban J connectivity index is 2.08. The first-order valence-electron chi connectivity index (χ1n) is 6.49. The first-order chi connectivity index (χ1) is 8.91. The van der Waals surface area contributed by atoms with Gasteiger partial charge >= 0.3 is 0 Å². The van der Waals surface area contributed by atoms with Crippen molar-refractivity contribution in [2.24, 2.45) is 0 Å². The number of nitrogens with zero attached hydrogens (tertiary/aromatic N) is 2. The smallest absolute Gasteiger partial charge is 0.246 e. The van der Waals surface area contributed by atoms with Crippen LogP contribution in [0.2, 0.25) is 0 Å². The molecule has 2 aliphatic rings. The molecule has 2 aliphatic heterocycles. The Morgan fingerprint density at radius 2 is 1.63 bits per heavy atom. The second-order valence-electron chi connectivity index (χ2n) is 5.43. The largest absolute Gasteiger partial charge is 0.322 e. The number of imide groups is 1. The van der Waals surface area contributed by atoms with Gasteiger partial charge in [-0.3, -0.25) is 24.6 Å². The fourth-order valence-electron chi connectivity index (χ4n) is 2.53. The Kier molecular flexibility index (Phi) is 3.86. The van der Waals surface area contributed by atoms with E-state index in [2.05, 4.69) is 15.5 Å². The molecule has 0 atom stereocenters. The predicted octanol–water partition coefficient (Wildman–Crippen LogP) is -1.84. The maximum atomic E-state index is 12.5. The van der Waals surface area contributed by atoms with Crippen LogP contribution in [0.25, 0.3) is 0 Å². The van der Waals surface area contributed by atoms with Crippen molar-refractivity contribution in [3.05, 3.63) is 0 Å². The molecule has 2 heterocycles. The molecular weight excluding hydrogens is 248 g/mol. The van der Waals surface area contributed by atoms with Crippen molar-refractivity contribution < 1.29 is 14.4 Å². The summed E-state index contributed by atoms with van der Waals surface area (Å²) in [6, 6.07) is 0. The summed E-state index contributed by atoms with van der Waals surface area (Å²) < 4.78 is 0. The lowest BCUT2D eigenvalue weighted by atomic mass is 9.99. The van der Waals surface area contributed by atoms with E-state index in [4.69, 9.17) is 0 Å². The van der Waals surface area contributed by atoms with Crippen molar-refractivity contribution in [3.63, 3.8) is 0 Å². The highest BCUT2D eigenvalue weighted by molar-refractivity contribution is 6.03. The number of piperazine rings is 2. The quantitative estimate of drug-likeness (QED) is 0.575. The molecule has 0 bridgehead atoms. The van der Waals surface area contributed by atoms with Gasteiger partial charge in [-0.25, -0.2) is 0 Å². The summed E-state index contributed by atoms with van der Waals surface area (Å²) in [5.74, 6) is -1.00. The van der Waals surface area contributed by atoms with E-state index in [0.29, 0.717) is 0 Å². The Labute approximate surface area is 112 Å². The Bertz CT molecular complexity index is 386. The first-order valence-corrected chi connectivity index (χ1v) is 6.49. The topological polar surface area (TPSA) is 81.8 Å². The van der Waals surface area contributed by atoms with Crippen LogP contribution < -0.4 is 10.6 Å². The molecule has 0 aliphatic carbocycles. The normalized spacial score (nSPS) is 22.3. The van der Waals surface area contributed by atoms with Gasteiger partial charge in [-0.15, -0.1) is 0 Å². The molecule has 0 aromatic heterocycles. The van der Waals surface area contributed by atoms with Gasteiger partial charge in [0.1, 0.15) is 13.1 Å². The van der Waals surface area contributed by atoms with Crippen molar-refractivity contribution in [2.75, 3.05) is 39.3 Å². The lowest BCUT2D eigenvalue weighted by molar-refractivity contribution is -0.152. The van der Waals surface area contributed by atoms with Crippen LogP contribution in [0.5, 0.6) is 0 Å². The number of hydrogen-bond donors (Lipinski definition) is 2. The Morgan fingerprint density at radius 3 is 2.16 bits per heavy atom. The van der Waals surface area contributed by atoms with Gasteiger partial charge < -0.3 is 10.2 Å². The molecule has 0 aromatic rings. The summed E-state index contributed by atoms with van der Waals surface area (Å²) in [5, 5.41) is 5.43. The molecule has 7 nitrogen and oxygen atoms in total. The van der Waals surface area contributed by atoms with Crippen LogP contribution in [0.1, 0.15) is 13.8 Å². The van der Waals surface area contributed by atoms with E-state index in [9.17, 15) is 14.4 Å². The molecule has 3 amide bonds. The van der Waals surface area contributed by atoms with Gasteiger partial charge in [0.05, 0.1) is 5.54 Å². The number of amides is 3. The van der Waals surface area contributed by atoms with Crippen molar-refractivity contribution >= 4 is 17.7 Å². The lowest BCUT2D eigenvalue weighted by Gasteiger charge is -2.42. The van der Waals surface area contributed by atoms with Gasteiger partial charge in [-0.1, -0.05) is 0 Å². The van der Waals surface area contributed by atoms with Crippen molar-refractivity contribution in [1.82, 2.24) is 20.4 Å². The van der Waals surface area contributed by atoms with Gasteiger partial charge in [0.15, 0.2) is 0 Å². The molecule has 0 saturated carbocycles. The molecule has 2 saturated heterocycles. The van der Waals surface area contributed by atoms with Gasteiger partial charge in [0.25, 0.3) is 0 Å². The maximum Gasteiger partial charge on any atom is 0.246 e. The summed E-state index contributed by atoms with van der Waals surface area (Å²) in [4.78, 5) is 38.6. The molecule has 106 valence electrons. The summed E-state index contributed by atoms with van der Waals surface area (Å²) in [7, 11) is 0. The lowest BCUT2D eigenvalue weighted by Crippen LogP contribution is -2.64. The van der Waals surface area contributed by atoms with Gasteiger partial charge in [-0.2, -0.15) is 0 Å². The zero-order valence-electron chi connectivity index (χ0n) is 11.4. The second-order valence-corrected chi connectivity index (χ2v) is 5.43. The Hall–Kier alpha value is -1.47. The minimum absolute atomic E-state index is 0.0416. The van der Waals surface area contributed by atoms with Gasteiger partial charge in [0.2, 0.25) is 17.7 Å². The molecule has 2 N–H and O–H groups in total. The predicted molar refractivity (Wildman–Crippen MR) is 68.3 cm³/mol. The van der Waals surface area contributed by atoms with E-state index in [0.717, 1.165) is 26.2 Å². The molecule has 0 unspecified atom stereocenters. The second kappa shape index (κ2) is 5.26. The summed E-state index contributed by atoms with van der Waals surface area (Å²) in [6.45, 7) is 6.86. The zero-order valence-corrected chi connectivity index (χ0v) is 11.4. The number of nitrogens with one attached hydrogen (secondary N) is 2. The van der Waals surface area contributed by atoms with Crippen molar-refractivity contribution in [2.45, 2.75) is 19.4 Å². The van der Waals surface area contributed by atoms with E-state index >= 15 is 0 Å². The van der Waals surface area contributed by atoms with Crippen molar-refractivity contribution in [3.8, 4) is 0 Å². The molecule has 0 spiro atoms. The van der Waals surface area contributed by atoms with E-state index in [1.165, 1.54) is 4.90 Å². The van der Waals surface area contributed by atoms with Crippen LogP contribution in [0.3, 0.4) is 0 Å². The Morgan fingerprint density at radius 1 is 1.11 bits per heavy atom. The van der Waals surface area contributed by atoms with Crippen LogP contribution in [0.15, 0.2) is 0 Å². The third kappa shape index (κ3) is 2.93. The standard InChI is InChI=1S/C12H20N4O3/c1-12(2,16-5-3-13-4-6-16)11(19)15-7-9(17)14-10(18)8-15/h13H,3-8H2,1-2H3,(H,14,17,18). The molecule has 0 aromatic carbocycles. The van der Waals surface area contributed by atoms with Gasteiger partial charge in [-0.05, 0) is 13.8 Å². The SMILES string of the molecule is CC(C)(C(=O)N1CC(=O)NC(=O)C1)N1CCNCC1. The molecule has 7 heteroatoms. The van der Waals surface area contributed by atoms with Crippen LogP contribution in [0, 0.1) is 0 Å². The third-order valence-electron chi connectivity index (χ3n) is 3.67. The minimum Gasteiger partial charge on any atom is -0.322 e. The fourth-order valence-corrected chi connectivity index (χ4v) is 2.53. The third-order valence-corrected chi connectivity index (χ3v) is 3.67. The van der Waals surface area contributed by atoms with Crippen LogP contribution in [0.4, 0.5) is 0 Å². The molecule has 19 heavy (non-hydrogen) atoms. The first kappa shape index (κ1) is 14.0. The average molecular weight is 268 g/mol. The molecule has 2 fully saturated rings. The van der Waals surface area contributed by atoms with Crippen molar-refractivity contribution in [1.29, 1.82) is 0 Å². The van der Waals surface area contributed by atoms with Crippen LogP contribution in [-0.2, 0) is 14.4 Å². The van der Waals surface area contributed by atoms with E-state index in [1.54, 1.807) is 0 Å². The van der Waals surface area contributed by atoms with E-state index < -0.39 is 17.4 Å². The number of carbonyl (C=O) groups excluding carboxylic acids is 3. The molecule has 0 radical (unpaired) electrons. The monoisotopic (exact) mass is 268 g/mol. The molecular formula is C12H20N4O3. The van der Waals surface area contributed by atoms with E-state index in [-0.39, 0.29) is 19.0 Å². The highest BCUT2D eigenvalue weighted by atomic mass is 16.2. The fraction of sp³-hybridized carbons (Fsp3) is 0.750. The average Bonchev–Trinajstić information content (AvgIpc) is 2.37. The highest BCUT2D eigenvalue weighted by Crippen LogP contribution is 2.19. The minimum atomic E-state index is -0.694. The summed E-state index contributed by atoms with van der Waals surface area (Å²) >= 11 is 0. The number of hydrogen-bond acceptors (Lipinski definition) is 5. The highest BCUT2D eigenvalue weighted by Gasteiger charge is 2.40. The van der Waals surface area contributed by atoms with Crippen LogP contribution in [-0.4, -0.2) is 72.3 Å². The number of carbonyl (C=O) groups is 3. The van der Waals surface area contributed by atoms with E-state index in [1.807, 2.05) is 13.8 Å².